The quantitative estimate of drug-likeness (QED) is 0.665. The lowest BCUT2D eigenvalue weighted by molar-refractivity contribution is 0.0956. The Morgan fingerprint density at radius 2 is 1.95 bits per heavy atom. The molecule has 0 radical (unpaired) electrons. The van der Waals surface area contributed by atoms with Gasteiger partial charge in [0, 0.05) is 19.1 Å². The number of hydrogen-bond donors (Lipinski definition) is 1. The number of nitrogens with zero attached hydrogens (tertiary/aromatic N) is 1. The van der Waals surface area contributed by atoms with E-state index in [0.29, 0.717) is 0 Å². The van der Waals surface area contributed by atoms with Crippen LogP contribution in [0.3, 0.4) is 0 Å². The third-order valence-electron chi connectivity index (χ3n) is 3.88. The highest BCUT2D eigenvalue weighted by molar-refractivity contribution is 5.23. The number of ether oxygens (including phenoxy) is 1. The fourth-order valence-corrected chi connectivity index (χ4v) is 2.30. The van der Waals surface area contributed by atoms with Crippen molar-refractivity contribution in [3.05, 3.63) is 35.4 Å². The number of hydrogen-bond acceptors (Lipinski definition) is 3. The normalized spacial score (nSPS) is 14.9. The first-order chi connectivity index (χ1) is 9.81. The minimum atomic E-state index is 0.721. The molecule has 0 unspecified atom stereocenters. The van der Waals surface area contributed by atoms with Crippen LogP contribution in [-0.2, 0) is 17.9 Å². The van der Waals surface area contributed by atoms with Crippen molar-refractivity contribution in [3.8, 4) is 0 Å². The summed E-state index contributed by atoms with van der Waals surface area (Å²) in [5, 5.41) is 3.55. The second-order valence-corrected chi connectivity index (χ2v) is 5.55. The summed E-state index contributed by atoms with van der Waals surface area (Å²) < 4.78 is 5.78. The van der Waals surface area contributed by atoms with Crippen LogP contribution >= 0.6 is 0 Å². The molecule has 0 aromatic heterocycles. The Kier molecular flexibility index (Phi) is 6.51. The Hall–Kier alpha value is -0.900. The summed E-state index contributed by atoms with van der Waals surface area (Å²) in [6.45, 7) is 10.1. The molecule has 3 heteroatoms. The lowest BCUT2D eigenvalue weighted by Crippen LogP contribution is -2.26. The first-order valence-corrected chi connectivity index (χ1v) is 7.93. The Morgan fingerprint density at radius 3 is 2.65 bits per heavy atom. The van der Waals surface area contributed by atoms with Crippen molar-refractivity contribution >= 4 is 0 Å². The van der Waals surface area contributed by atoms with Crippen molar-refractivity contribution in [2.24, 2.45) is 0 Å². The van der Waals surface area contributed by atoms with Crippen LogP contribution in [0.5, 0.6) is 0 Å². The Morgan fingerprint density at radius 1 is 1.20 bits per heavy atom. The highest BCUT2D eigenvalue weighted by Crippen LogP contribution is 2.19. The molecule has 0 atom stereocenters. The second kappa shape index (κ2) is 8.40. The predicted molar refractivity (Wildman–Crippen MR) is 83.7 cm³/mol. The van der Waals surface area contributed by atoms with Crippen LogP contribution in [0, 0.1) is 0 Å². The molecule has 1 fully saturated rings. The Balaban J connectivity index is 1.67. The average Bonchev–Trinajstić information content (AvgIpc) is 3.30. The molecule has 20 heavy (non-hydrogen) atoms. The van der Waals surface area contributed by atoms with Crippen molar-refractivity contribution < 1.29 is 4.74 Å². The molecule has 1 aliphatic carbocycles. The largest absolute Gasteiger partial charge is 0.375 e. The van der Waals surface area contributed by atoms with Crippen LogP contribution in [0.1, 0.15) is 37.8 Å². The van der Waals surface area contributed by atoms with Gasteiger partial charge in [-0.15, -0.1) is 0 Å². The van der Waals surface area contributed by atoms with Crippen LogP contribution in [0.15, 0.2) is 24.3 Å². The fraction of sp³-hybridized carbons (Fsp3) is 0.647. The molecular formula is C17H28N2O. The zero-order valence-electron chi connectivity index (χ0n) is 12.9. The van der Waals surface area contributed by atoms with E-state index in [-0.39, 0.29) is 0 Å². The first kappa shape index (κ1) is 15.5. The second-order valence-electron chi connectivity index (χ2n) is 5.55. The molecule has 1 aromatic rings. The lowest BCUT2D eigenvalue weighted by Gasteiger charge is -2.17. The summed E-state index contributed by atoms with van der Waals surface area (Å²) in [6, 6.07) is 9.50. The zero-order chi connectivity index (χ0) is 14.2. The van der Waals surface area contributed by atoms with Gasteiger partial charge in [0.05, 0.1) is 13.2 Å². The molecule has 0 spiro atoms. The molecule has 1 aromatic carbocycles. The lowest BCUT2D eigenvalue weighted by atomic mass is 10.1. The zero-order valence-corrected chi connectivity index (χ0v) is 12.9. The molecule has 3 nitrogen and oxygen atoms in total. The van der Waals surface area contributed by atoms with E-state index in [1.54, 1.807) is 0 Å². The van der Waals surface area contributed by atoms with E-state index in [1.807, 2.05) is 0 Å². The third-order valence-corrected chi connectivity index (χ3v) is 3.88. The topological polar surface area (TPSA) is 24.5 Å². The summed E-state index contributed by atoms with van der Waals surface area (Å²) in [4.78, 5) is 2.38. The van der Waals surface area contributed by atoms with Crippen molar-refractivity contribution in [3.63, 3.8) is 0 Å². The molecule has 0 aliphatic heterocycles. The van der Waals surface area contributed by atoms with E-state index in [0.717, 1.165) is 45.4 Å². The van der Waals surface area contributed by atoms with Gasteiger partial charge < -0.3 is 15.0 Å². The van der Waals surface area contributed by atoms with Crippen molar-refractivity contribution in [2.75, 3.05) is 26.2 Å². The fourth-order valence-electron chi connectivity index (χ4n) is 2.30. The van der Waals surface area contributed by atoms with E-state index in [4.69, 9.17) is 4.74 Å². The minimum absolute atomic E-state index is 0.721. The summed E-state index contributed by atoms with van der Waals surface area (Å²) in [5.41, 5.74) is 2.64. The van der Waals surface area contributed by atoms with Crippen LogP contribution < -0.4 is 5.32 Å². The number of nitrogens with one attached hydrogen (secondary N) is 1. The minimum Gasteiger partial charge on any atom is -0.375 e. The summed E-state index contributed by atoms with van der Waals surface area (Å²) in [5.74, 6) is 0. The molecule has 0 amide bonds. The van der Waals surface area contributed by atoms with Gasteiger partial charge in [-0.25, -0.2) is 0 Å². The standard InChI is InChI=1S/C17H28N2O/c1-3-19(4-2)10-11-20-14-16-7-5-6-15(12-16)13-18-17-8-9-17/h5-7,12,17-18H,3-4,8-11,13-14H2,1-2H3. The van der Waals surface area contributed by atoms with Crippen molar-refractivity contribution in [1.29, 1.82) is 0 Å². The summed E-state index contributed by atoms with van der Waals surface area (Å²) in [7, 11) is 0. The van der Waals surface area contributed by atoms with E-state index in [9.17, 15) is 0 Å². The summed E-state index contributed by atoms with van der Waals surface area (Å²) in [6.07, 6.45) is 2.68. The van der Waals surface area contributed by atoms with Gasteiger partial charge in [0.1, 0.15) is 0 Å². The van der Waals surface area contributed by atoms with E-state index in [2.05, 4.69) is 48.3 Å². The Bertz CT molecular complexity index is 386. The molecule has 1 saturated carbocycles. The maximum absolute atomic E-state index is 5.78. The Labute approximate surface area is 123 Å². The SMILES string of the molecule is CCN(CC)CCOCc1cccc(CNC2CC2)c1. The van der Waals surface area contributed by atoms with Crippen molar-refractivity contribution in [1.82, 2.24) is 10.2 Å². The van der Waals surface area contributed by atoms with Crippen LogP contribution in [0.25, 0.3) is 0 Å². The van der Waals surface area contributed by atoms with E-state index < -0.39 is 0 Å². The highest BCUT2D eigenvalue weighted by Gasteiger charge is 2.19. The average molecular weight is 276 g/mol. The van der Waals surface area contributed by atoms with Gasteiger partial charge in [-0.05, 0) is 37.1 Å². The van der Waals surface area contributed by atoms with Crippen LogP contribution in [-0.4, -0.2) is 37.2 Å². The molecule has 0 bridgehead atoms. The van der Waals surface area contributed by atoms with Crippen LogP contribution in [0.4, 0.5) is 0 Å². The van der Waals surface area contributed by atoms with Gasteiger partial charge >= 0.3 is 0 Å². The molecule has 2 rings (SSSR count). The van der Waals surface area contributed by atoms with Gasteiger partial charge in [0.15, 0.2) is 0 Å². The van der Waals surface area contributed by atoms with Gasteiger partial charge in [-0.1, -0.05) is 38.1 Å². The maximum Gasteiger partial charge on any atom is 0.0717 e. The molecule has 1 N–H and O–H groups in total. The monoisotopic (exact) mass is 276 g/mol. The van der Waals surface area contributed by atoms with Crippen molar-refractivity contribution in [2.45, 2.75) is 45.9 Å². The number of likely N-dealkylation sites (N-methyl/N-ethyl adjacent to an activating group) is 1. The van der Waals surface area contributed by atoms with E-state index >= 15 is 0 Å². The van der Waals surface area contributed by atoms with Gasteiger partial charge in [0.2, 0.25) is 0 Å². The molecule has 0 heterocycles. The molecular weight excluding hydrogens is 248 g/mol. The van der Waals surface area contributed by atoms with Crippen LogP contribution in [0.2, 0.25) is 0 Å². The third kappa shape index (κ3) is 5.61. The maximum atomic E-state index is 5.78. The number of rotatable bonds is 10. The van der Waals surface area contributed by atoms with E-state index in [1.165, 1.54) is 24.0 Å². The molecule has 0 saturated heterocycles. The predicted octanol–water partition coefficient (Wildman–Crippen LogP) is 2.80. The van der Waals surface area contributed by atoms with Gasteiger partial charge in [-0.3, -0.25) is 0 Å². The molecule has 1 aliphatic rings. The van der Waals surface area contributed by atoms with Gasteiger partial charge in [0.25, 0.3) is 0 Å². The molecule has 112 valence electrons. The van der Waals surface area contributed by atoms with Gasteiger partial charge in [-0.2, -0.15) is 0 Å². The first-order valence-electron chi connectivity index (χ1n) is 7.93. The summed E-state index contributed by atoms with van der Waals surface area (Å²) >= 11 is 0. The number of benzene rings is 1. The highest BCUT2D eigenvalue weighted by atomic mass is 16.5. The smallest absolute Gasteiger partial charge is 0.0717 e.